The Hall–Kier alpha value is -0.670. The first-order chi connectivity index (χ1) is 8.29. The van der Waals surface area contributed by atoms with Gasteiger partial charge in [-0.15, -0.1) is 0 Å². The highest BCUT2D eigenvalue weighted by Crippen LogP contribution is 2.20. The summed E-state index contributed by atoms with van der Waals surface area (Å²) < 4.78 is 0. The first kappa shape index (κ1) is 12.8. The fourth-order valence-electron chi connectivity index (χ4n) is 2.54. The molecule has 4 heteroatoms. The molecule has 0 amide bonds. The zero-order valence-electron chi connectivity index (χ0n) is 10.4. The zero-order valence-corrected chi connectivity index (χ0v) is 11.2. The van der Waals surface area contributed by atoms with E-state index in [9.17, 15) is 0 Å². The third kappa shape index (κ3) is 3.65. The summed E-state index contributed by atoms with van der Waals surface area (Å²) in [7, 11) is 0. The second-order valence-electron chi connectivity index (χ2n) is 4.71. The first-order valence-corrected chi connectivity index (χ1v) is 6.88. The second-order valence-corrected chi connectivity index (χ2v) is 5.10. The van der Waals surface area contributed by atoms with E-state index in [0.29, 0.717) is 11.2 Å². The van der Waals surface area contributed by atoms with E-state index in [-0.39, 0.29) is 0 Å². The molecule has 1 aliphatic rings. The molecule has 2 heterocycles. The molecular formula is C13H20ClN3. The van der Waals surface area contributed by atoms with Crippen molar-refractivity contribution in [2.75, 3.05) is 6.54 Å². The largest absolute Gasteiger partial charge is 0.295 e. The Morgan fingerprint density at radius 3 is 2.88 bits per heavy atom. The maximum absolute atomic E-state index is 5.75. The molecule has 1 saturated heterocycles. The van der Waals surface area contributed by atoms with Gasteiger partial charge in [0.25, 0.3) is 0 Å². The topological polar surface area (TPSA) is 29.0 Å². The molecule has 0 aliphatic carbocycles. The summed E-state index contributed by atoms with van der Waals surface area (Å²) in [4.78, 5) is 11.0. The third-order valence-electron chi connectivity index (χ3n) is 3.51. The lowest BCUT2D eigenvalue weighted by Crippen LogP contribution is -2.34. The Balaban J connectivity index is 2.01. The minimum atomic E-state index is 0.469. The van der Waals surface area contributed by atoms with Gasteiger partial charge in [0.15, 0.2) is 0 Å². The van der Waals surface area contributed by atoms with Crippen LogP contribution in [-0.4, -0.2) is 27.5 Å². The van der Waals surface area contributed by atoms with E-state index >= 15 is 0 Å². The van der Waals surface area contributed by atoms with E-state index < -0.39 is 0 Å². The quantitative estimate of drug-likeness (QED) is 0.828. The summed E-state index contributed by atoms with van der Waals surface area (Å²) in [5.74, 6) is 0. The molecule has 1 fully saturated rings. The van der Waals surface area contributed by atoms with Gasteiger partial charge in [-0.3, -0.25) is 9.88 Å². The Kier molecular flexibility index (Phi) is 4.75. The monoisotopic (exact) mass is 253 g/mol. The lowest BCUT2D eigenvalue weighted by Gasteiger charge is -2.28. The van der Waals surface area contributed by atoms with Gasteiger partial charge in [-0.05, 0) is 25.8 Å². The van der Waals surface area contributed by atoms with E-state index in [1.54, 1.807) is 12.4 Å². The van der Waals surface area contributed by atoms with Gasteiger partial charge in [-0.1, -0.05) is 31.4 Å². The van der Waals surface area contributed by atoms with Crippen LogP contribution in [0.2, 0.25) is 5.15 Å². The van der Waals surface area contributed by atoms with Gasteiger partial charge in [-0.25, -0.2) is 4.98 Å². The number of rotatable bonds is 3. The SMILES string of the molecule is CCC1CCCCCN1Cc1cnc(Cl)cn1. The second kappa shape index (κ2) is 6.31. The lowest BCUT2D eigenvalue weighted by molar-refractivity contribution is 0.183. The van der Waals surface area contributed by atoms with Gasteiger partial charge in [0.05, 0.1) is 18.1 Å². The normalized spacial score (nSPS) is 22.4. The third-order valence-corrected chi connectivity index (χ3v) is 3.70. The number of likely N-dealkylation sites (tertiary alicyclic amines) is 1. The van der Waals surface area contributed by atoms with Crippen LogP contribution in [0.3, 0.4) is 0 Å². The van der Waals surface area contributed by atoms with E-state index in [1.165, 1.54) is 38.6 Å². The maximum atomic E-state index is 5.75. The molecule has 1 aliphatic heterocycles. The zero-order chi connectivity index (χ0) is 12.1. The molecule has 2 rings (SSSR count). The molecule has 94 valence electrons. The van der Waals surface area contributed by atoms with Crippen LogP contribution >= 0.6 is 11.6 Å². The van der Waals surface area contributed by atoms with Crippen LogP contribution in [0.15, 0.2) is 12.4 Å². The molecule has 1 aromatic rings. The van der Waals surface area contributed by atoms with Crippen LogP contribution in [0.5, 0.6) is 0 Å². The maximum Gasteiger partial charge on any atom is 0.147 e. The van der Waals surface area contributed by atoms with Crippen LogP contribution in [0.1, 0.15) is 44.7 Å². The molecule has 0 bridgehead atoms. The summed E-state index contributed by atoms with van der Waals surface area (Å²) in [5.41, 5.74) is 1.02. The highest BCUT2D eigenvalue weighted by atomic mass is 35.5. The lowest BCUT2D eigenvalue weighted by atomic mass is 10.1. The molecule has 17 heavy (non-hydrogen) atoms. The smallest absolute Gasteiger partial charge is 0.147 e. The molecule has 1 unspecified atom stereocenters. The van der Waals surface area contributed by atoms with Gasteiger partial charge >= 0.3 is 0 Å². The Morgan fingerprint density at radius 1 is 1.29 bits per heavy atom. The molecule has 1 aromatic heterocycles. The van der Waals surface area contributed by atoms with Crippen molar-refractivity contribution in [3.05, 3.63) is 23.2 Å². The van der Waals surface area contributed by atoms with Crippen molar-refractivity contribution in [2.45, 2.75) is 51.6 Å². The predicted octanol–water partition coefficient (Wildman–Crippen LogP) is 3.28. The Bertz CT molecular complexity index is 339. The number of hydrogen-bond acceptors (Lipinski definition) is 3. The van der Waals surface area contributed by atoms with Gasteiger partial charge in [0.2, 0.25) is 0 Å². The summed E-state index contributed by atoms with van der Waals surface area (Å²) in [6.07, 6.45) is 9.99. The van der Waals surface area contributed by atoms with Crippen molar-refractivity contribution in [2.24, 2.45) is 0 Å². The fraction of sp³-hybridized carbons (Fsp3) is 0.692. The minimum absolute atomic E-state index is 0.469. The Labute approximate surface area is 108 Å². The predicted molar refractivity (Wildman–Crippen MR) is 70.0 cm³/mol. The molecule has 0 saturated carbocycles. The van der Waals surface area contributed by atoms with Crippen molar-refractivity contribution < 1.29 is 0 Å². The van der Waals surface area contributed by atoms with Crippen molar-refractivity contribution in [3.63, 3.8) is 0 Å². The summed E-state index contributed by atoms with van der Waals surface area (Å²) in [5, 5.41) is 0.469. The van der Waals surface area contributed by atoms with Crippen molar-refractivity contribution in [3.8, 4) is 0 Å². The fourth-order valence-corrected chi connectivity index (χ4v) is 2.63. The van der Waals surface area contributed by atoms with E-state index in [4.69, 9.17) is 11.6 Å². The molecule has 0 radical (unpaired) electrons. The molecule has 0 N–H and O–H groups in total. The van der Waals surface area contributed by atoms with E-state index in [2.05, 4.69) is 21.8 Å². The van der Waals surface area contributed by atoms with Crippen LogP contribution in [0.25, 0.3) is 0 Å². The molecular weight excluding hydrogens is 234 g/mol. The van der Waals surface area contributed by atoms with Crippen molar-refractivity contribution >= 4 is 11.6 Å². The Morgan fingerprint density at radius 2 is 2.18 bits per heavy atom. The number of aromatic nitrogens is 2. The molecule has 0 spiro atoms. The number of halogens is 1. The van der Waals surface area contributed by atoms with Gasteiger partial charge in [0, 0.05) is 12.6 Å². The van der Waals surface area contributed by atoms with Crippen LogP contribution in [-0.2, 0) is 6.54 Å². The van der Waals surface area contributed by atoms with Gasteiger partial charge < -0.3 is 0 Å². The number of hydrogen-bond donors (Lipinski definition) is 0. The van der Waals surface area contributed by atoms with Crippen LogP contribution < -0.4 is 0 Å². The first-order valence-electron chi connectivity index (χ1n) is 6.50. The van der Waals surface area contributed by atoms with Crippen LogP contribution in [0, 0.1) is 0 Å². The average Bonchev–Trinajstić information content (AvgIpc) is 2.57. The van der Waals surface area contributed by atoms with E-state index in [1.807, 2.05) is 0 Å². The standard InChI is InChI=1S/C13H20ClN3/c1-2-12-6-4-3-5-7-17(12)10-11-8-16-13(14)9-15-11/h8-9,12H,2-7,10H2,1H3. The minimum Gasteiger partial charge on any atom is -0.295 e. The van der Waals surface area contributed by atoms with Gasteiger partial charge in [-0.2, -0.15) is 0 Å². The van der Waals surface area contributed by atoms with Crippen molar-refractivity contribution in [1.82, 2.24) is 14.9 Å². The van der Waals surface area contributed by atoms with E-state index in [0.717, 1.165) is 12.2 Å². The van der Waals surface area contributed by atoms with Crippen molar-refractivity contribution in [1.29, 1.82) is 0 Å². The molecule has 1 atom stereocenters. The number of nitrogens with zero attached hydrogens (tertiary/aromatic N) is 3. The average molecular weight is 254 g/mol. The highest BCUT2D eigenvalue weighted by Gasteiger charge is 2.19. The summed E-state index contributed by atoms with van der Waals surface area (Å²) >= 11 is 5.75. The highest BCUT2D eigenvalue weighted by molar-refractivity contribution is 6.29. The van der Waals surface area contributed by atoms with Crippen LogP contribution in [0.4, 0.5) is 0 Å². The summed E-state index contributed by atoms with van der Waals surface area (Å²) in [6, 6.07) is 0.704. The molecule has 3 nitrogen and oxygen atoms in total. The summed E-state index contributed by atoms with van der Waals surface area (Å²) in [6.45, 7) is 4.36. The molecule has 0 aromatic carbocycles. The van der Waals surface area contributed by atoms with Gasteiger partial charge in [0.1, 0.15) is 5.15 Å².